The SMILES string of the molecule is O=C(O)c1sc2cccc(F)c2c1CNc1ccccc1. The summed E-state index contributed by atoms with van der Waals surface area (Å²) < 4.78 is 14.7. The van der Waals surface area contributed by atoms with Crippen molar-refractivity contribution in [1.82, 2.24) is 0 Å². The number of benzene rings is 2. The Balaban J connectivity index is 2.03. The number of anilines is 1. The largest absolute Gasteiger partial charge is 0.477 e. The number of hydrogen-bond acceptors (Lipinski definition) is 3. The van der Waals surface area contributed by atoms with Gasteiger partial charge in [0.25, 0.3) is 0 Å². The number of hydrogen-bond donors (Lipinski definition) is 2. The Morgan fingerprint density at radius 1 is 1.14 bits per heavy atom. The average molecular weight is 301 g/mol. The second-order valence-electron chi connectivity index (χ2n) is 4.55. The lowest BCUT2D eigenvalue weighted by molar-refractivity contribution is 0.0701. The minimum Gasteiger partial charge on any atom is -0.477 e. The summed E-state index contributed by atoms with van der Waals surface area (Å²) in [5.41, 5.74) is 1.36. The first kappa shape index (κ1) is 13.6. The summed E-state index contributed by atoms with van der Waals surface area (Å²) in [6, 6.07) is 14.1. The van der Waals surface area contributed by atoms with Crippen molar-refractivity contribution in [3.63, 3.8) is 0 Å². The number of para-hydroxylation sites is 1. The zero-order valence-corrected chi connectivity index (χ0v) is 11.8. The zero-order valence-electron chi connectivity index (χ0n) is 11.0. The fourth-order valence-electron chi connectivity index (χ4n) is 2.26. The molecule has 0 amide bonds. The van der Waals surface area contributed by atoms with Crippen LogP contribution in [0.25, 0.3) is 10.1 Å². The van der Waals surface area contributed by atoms with Gasteiger partial charge in [0.15, 0.2) is 0 Å². The van der Waals surface area contributed by atoms with Gasteiger partial charge in [-0.1, -0.05) is 24.3 Å². The molecule has 0 saturated heterocycles. The molecule has 0 bridgehead atoms. The van der Waals surface area contributed by atoms with Crippen LogP contribution in [0.3, 0.4) is 0 Å². The minimum absolute atomic E-state index is 0.179. The van der Waals surface area contributed by atoms with E-state index in [9.17, 15) is 14.3 Å². The van der Waals surface area contributed by atoms with E-state index in [1.54, 1.807) is 12.1 Å². The average Bonchev–Trinajstić information content (AvgIpc) is 2.86. The van der Waals surface area contributed by atoms with Crippen LogP contribution in [0.1, 0.15) is 15.2 Å². The van der Waals surface area contributed by atoms with E-state index in [4.69, 9.17) is 0 Å². The van der Waals surface area contributed by atoms with Gasteiger partial charge in [-0.2, -0.15) is 0 Å². The molecule has 2 N–H and O–H groups in total. The standard InChI is InChI=1S/C16H12FNO2S/c17-12-7-4-8-13-14(12)11(15(21-13)16(19)20)9-18-10-5-2-1-3-6-10/h1-8,18H,9H2,(H,19,20). The summed E-state index contributed by atoms with van der Waals surface area (Å²) in [7, 11) is 0. The van der Waals surface area contributed by atoms with E-state index < -0.39 is 5.97 Å². The van der Waals surface area contributed by atoms with Crippen molar-refractivity contribution in [2.75, 3.05) is 5.32 Å². The summed E-state index contributed by atoms with van der Waals surface area (Å²) in [4.78, 5) is 11.6. The van der Waals surface area contributed by atoms with Crippen LogP contribution in [0, 0.1) is 5.82 Å². The third-order valence-electron chi connectivity index (χ3n) is 3.20. The number of carbonyl (C=O) groups is 1. The van der Waals surface area contributed by atoms with E-state index in [0.717, 1.165) is 17.0 Å². The Kier molecular flexibility index (Phi) is 3.58. The summed E-state index contributed by atoms with van der Waals surface area (Å²) in [5.74, 6) is -1.42. The highest BCUT2D eigenvalue weighted by molar-refractivity contribution is 7.21. The molecule has 1 aromatic heterocycles. The monoisotopic (exact) mass is 301 g/mol. The molecule has 0 aliphatic heterocycles. The third kappa shape index (κ3) is 2.60. The lowest BCUT2D eigenvalue weighted by Crippen LogP contribution is -2.04. The summed E-state index contributed by atoms with van der Waals surface area (Å²) in [6.07, 6.45) is 0. The molecule has 0 aliphatic carbocycles. The van der Waals surface area contributed by atoms with Crippen LogP contribution in [0.2, 0.25) is 0 Å². The maximum Gasteiger partial charge on any atom is 0.346 e. The minimum atomic E-state index is -1.03. The predicted octanol–water partition coefficient (Wildman–Crippen LogP) is 4.35. The quantitative estimate of drug-likeness (QED) is 0.753. The smallest absolute Gasteiger partial charge is 0.346 e. The Morgan fingerprint density at radius 2 is 1.90 bits per heavy atom. The first-order valence-corrected chi connectivity index (χ1v) is 7.20. The highest BCUT2D eigenvalue weighted by Gasteiger charge is 2.19. The lowest BCUT2D eigenvalue weighted by Gasteiger charge is -2.07. The topological polar surface area (TPSA) is 49.3 Å². The van der Waals surface area contributed by atoms with E-state index in [1.807, 2.05) is 30.3 Å². The van der Waals surface area contributed by atoms with Gasteiger partial charge in [0.05, 0.1) is 0 Å². The molecule has 3 aromatic rings. The van der Waals surface area contributed by atoms with E-state index in [1.165, 1.54) is 6.07 Å². The summed E-state index contributed by atoms with van der Waals surface area (Å²) in [5, 5.41) is 12.8. The van der Waals surface area contributed by atoms with Crippen LogP contribution in [-0.4, -0.2) is 11.1 Å². The van der Waals surface area contributed by atoms with Crippen molar-refractivity contribution < 1.29 is 14.3 Å². The zero-order chi connectivity index (χ0) is 14.8. The molecular formula is C16H12FNO2S. The molecule has 5 heteroatoms. The first-order valence-electron chi connectivity index (χ1n) is 6.39. The summed E-state index contributed by atoms with van der Waals surface area (Å²) >= 11 is 1.10. The molecule has 0 spiro atoms. The normalized spacial score (nSPS) is 10.7. The van der Waals surface area contributed by atoms with Gasteiger partial charge in [-0.25, -0.2) is 9.18 Å². The van der Waals surface area contributed by atoms with Crippen LogP contribution < -0.4 is 5.32 Å². The number of aromatic carboxylic acids is 1. The second-order valence-corrected chi connectivity index (χ2v) is 5.60. The number of carboxylic acids is 1. The van der Waals surface area contributed by atoms with Gasteiger partial charge >= 0.3 is 5.97 Å². The highest BCUT2D eigenvalue weighted by Crippen LogP contribution is 2.33. The Bertz CT molecular complexity index is 799. The van der Waals surface area contributed by atoms with E-state index in [0.29, 0.717) is 15.6 Å². The number of thiophene rings is 1. The molecule has 2 aromatic carbocycles. The van der Waals surface area contributed by atoms with E-state index >= 15 is 0 Å². The first-order chi connectivity index (χ1) is 10.2. The van der Waals surface area contributed by atoms with Gasteiger partial charge in [-0.15, -0.1) is 11.3 Å². The lowest BCUT2D eigenvalue weighted by atomic mass is 10.1. The predicted molar refractivity (Wildman–Crippen MR) is 82.5 cm³/mol. The maximum absolute atomic E-state index is 14.0. The molecule has 0 unspecified atom stereocenters. The molecule has 0 radical (unpaired) electrons. The molecule has 0 fully saturated rings. The van der Waals surface area contributed by atoms with Gasteiger partial charge < -0.3 is 10.4 Å². The molecule has 0 aliphatic rings. The number of carboxylic acid groups (broad SMARTS) is 1. The van der Waals surface area contributed by atoms with Crippen LogP contribution in [0.4, 0.5) is 10.1 Å². The van der Waals surface area contributed by atoms with Gasteiger partial charge in [-0.3, -0.25) is 0 Å². The number of rotatable bonds is 4. The molecule has 3 rings (SSSR count). The fourth-order valence-corrected chi connectivity index (χ4v) is 3.33. The molecule has 0 atom stereocenters. The van der Waals surface area contributed by atoms with E-state index in [-0.39, 0.29) is 17.2 Å². The van der Waals surface area contributed by atoms with Gasteiger partial charge in [0, 0.05) is 27.9 Å². The second kappa shape index (κ2) is 5.54. The maximum atomic E-state index is 14.0. The Morgan fingerprint density at radius 3 is 2.62 bits per heavy atom. The van der Waals surface area contributed by atoms with Crippen LogP contribution in [0.5, 0.6) is 0 Å². The molecule has 106 valence electrons. The molecule has 0 saturated carbocycles. The van der Waals surface area contributed by atoms with Crippen molar-refractivity contribution in [3.8, 4) is 0 Å². The molecule has 21 heavy (non-hydrogen) atoms. The van der Waals surface area contributed by atoms with E-state index in [2.05, 4.69) is 5.32 Å². The van der Waals surface area contributed by atoms with Gasteiger partial charge in [0.1, 0.15) is 10.7 Å². The van der Waals surface area contributed by atoms with Crippen molar-refractivity contribution in [3.05, 3.63) is 64.8 Å². The number of halogens is 1. The third-order valence-corrected chi connectivity index (χ3v) is 4.39. The van der Waals surface area contributed by atoms with Crippen molar-refractivity contribution in [1.29, 1.82) is 0 Å². The van der Waals surface area contributed by atoms with Gasteiger partial charge in [-0.05, 0) is 24.3 Å². The van der Waals surface area contributed by atoms with Crippen molar-refractivity contribution in [2.24, 2.45) is 0 Å². The van der Waals surface area contributed by atoms with Crippen molar-refractivity contribution >= 4 is 33.1 Å². The van der Waals surface area contributed by atoms with Crippen LogP contribution in [0.15, 0.2) is 48.5 Å². The molecular weight excluding hydrogens is 289 g/mol. The van der Waals surface area contributed by atoms with Crippen LogP contribution >= 0.6 is 11.3 Å². The highest BCUT2D eigenvalue weighted by atomic mass is 32.1. The van der Waals surface area contributed by atoms with Crippen LogP contribution in [-0.2, 0) is 6.54 Å². The number of fused-ring (bicyclic) bond motifs is 1. The number of nitrogens with one attached hydrogen (secondary N) is 1. The fraction of sp³-hybridized carbons (Fsp3) is 0.0625. The summed E-state index contributed by atoms with van der Waals surface area (Å²) in [6.45, 7) is 0.270. The Hall–Kier alpha value is -2.40. The molecule has 3 nitrogen and oxygen atoms in total. The molecule has 1 heterocycles. The van der Waals surface area contributed by atoms with Gasteiger partial charge in [0.2, 0.25) is 0 Å². The Labute approximate surface area is 124 Å². The van der Waals surface area contributed by atoms with Crippen molar-refractivity contribution in [2.45, 2.75) is 6.54 Å².